The number of amides is 8. The Balaban J connectivity index is 0.00000198. The number of rotatable bonds is 27. The highest BCUT2D eigenvalue weighted by Crippen LogP contribution is 2.41. The van der Waals surface area contributed by atoms with E-state index >= 15 is 4.39 Å². The summed E-state index contributed by atoms with van der Waals surface area (Å²) in [7, 11) is 0. The van der Waals surface area contributed by atoms with Crippen LogP contribution >= 0.6 is 0 Å². The fourth-order valence-electron chi connectivity index (χ4n) is 8.53. The Morgan fingerprint density at radius 1 is 0.795 bits per heavy atom. The number of Topliss-reactive ketones (excluding diaryl/α,β-unsaturated/α-hetero) is 2. The van der Waals surface area contributed by atoms with Crippen LogP contribution in [0.3, 0.4) is 0 Å². The lowest BCUT2D eigenvalue weighted by atomic mass is 9.82. The number of aromatic nitrogens is 2. The minimum absolute atomic E-state index is 0.0196. The Morgan fingerprint density at radius 2 is 1.41 bits per heavy atom. The van der Waals surface area contributed by atoms with Crippen molar-refractivity contribution >= 4 is 64.8 Å². The molecule has 0 radical (unpaired) electrons. The van der Waals surface area contributed by atoms with Crippen LogP contribution in [-0.2, 0) is 54.5 Å². The number of pyridine rings is 1. The zero-order valence-electron chi connectivity index (χ0n) is 45.8. The highest BCUT2D eigenvalue weighted by Gasteiger charge is 2.40. The predicted octanol–water partition coefficient (Wildman–Crippen LogP) is 3.46. The number of carboxylic acids is 1. The number of imide groups is 1. The number of halogens is 5. The molecule has 5 atom stereocenters. The average Bonchev–Trinajstić information content (AvgIpc) is 2.79. The highest BCUT2D eigenvalue weighted by atomic mass is 19.4. The number of ketones is 2. The molecule has 2 aromatic carbocycles. The molecule has 1 aliphatic heterocycles. The molecule has 0 bridgehead atoms. The maximum atomic E-state index is 15.4. The van der Waals surface area contributed by atoms with Gasteiger partial charge in [-0.1, -0.05) is 58.0 Å². The maximum Gasteiger partial charge on any atom is 0.490 e. The van der Waals surface area contributed by atoms with Crippen molar-refractivity contribution in [2.45, 2.75) is 104 Å². The van der Waals surface area contributed by atoms with Crippen LogP contribution in [0.1, 0.15) is 94.4 Å². The second-order valence-electron chi connectivity index (χ2n) is 20.3. The van der Waals surface area contributed by atoms with Crippen LogP contribution in [0, 0.1) is 23.0 Å². The standard InChI is InChI=1S/C54H63F2N9O11.C2HF3O2/c1-32(24-44(68)33(2)60-51(74)35-17-21-58-22-18-35)50(73)62-42(27-45(57)69)53(76)61-41(52(75)59-20-9-12-38(67)30-65-46(70)15-16-47(65)71)19-23-64(48(72)31-66)49(54(3,4)5)43-25-36(39-26-37(55)13-14-40(39)56)29-63(43)28-34-10-7-6-8-11-34;3-2(4,5)1(6)7/h6-8,10-11,13-18,21-22,25-26,29,32-33,41-42,49,66H,9,12,19-20,23-24,27-28,30-31H2,1-5H3,(H2,57,69)(H,59,75)(H,60,74)(H,61,76)(H,62,73);(H,6,7)/t32-,33-,41-,42-,49-;/m0./s1. The maximum absolute atomic E-state index is 15.4. The number of aliphatic hydroxyl groups excluding tert-OH is 1. The molecule has 27 heteroatoms. The lowest BCUT2D eigenvalue weighted by Crippen LogP contribution is -2.56. The smallest absolute Gasteiger partial charge is 0.475 e. The van der Waals surface area contributed by atoms with E-state index in [9.17, 15) is 70.6 Å². The van der Waals surface area contributed by atoms with E-state index < -0.39 is 144 Å². The van der Waals surface area contributed by atoms with Gasteiger partial charge in [-0.05, 0) is 67.1 Å². The number of nitrogens with one attached hydrogen (secondary N) is 4. The van der Waals surface area contributed by atoms with Gasteiger partial charge >= 0.3 is 12.1 Å². The Hall–Kier alpha value is -9.01. The van der Waals surface area contributed by atoms with Crippen LogP contribution in [0.25, 0.3) is 11.1 Å². The third-order valence-corrected chi connectivity index (χ3v) is 12.7. The van der Waals surface area contributed by atoms with E-state index in [4.69, 9.17) is 15.6 Å². The lowest BCUT2D eigenvalue weighted by Gasteiger charge is -2.41. The Bertz CT molecular complexity index is 3040. The Kier molecular flexibility index (Phi) is 24.2. The summed E-state index contributed by atoms with van der Waals surface area (Å²) >= 11 is 0. The van der Waals surface area contributed by atoms with Crippen LogP contribution in [-0.4, -0.2) is 145 Å². The van der Waals surface area contributed by atoms with Crippen molar-refractivity contribution in [1.82, 2.24) is 40.6 Å². The first-order valence-electron chi connectivity index (χ1n) is 25.8. The van der Waals surface area contributed by atoms with Gasteiger partial charge in [0.15, 0.2) is 11.6 Å². The van der Waals surface area contributed by atoms with E-state index in [1.807, 2.05) is 51.1 Å². The fourth-order valence-corrected chi connectivity index (χ4v) is 8.53. The van der Waals surface area contributed by atoms with Gasteiger partial charge in [0, 0.05) is 91.5 Å². The van der Waals surface area contributed by atoms with Crippen molar-refractivity contribution in [1.29, 1.82) is 0 Å². The topological polar surface area (TPSA) is 327 Å². The molecule has 0 saturated carbocycles. The first-order valence-corrected chi connectivity index (χ1v) is 25.8. The number of carbonyl (C=O) groups excluding carboxylic acids is 10. The molecular weight excluding hydrogens is 1100 g/mol. The number of aliphatic carboxylic acids is 1. The Morgan fingerprint density at radius 3 is 1.99 bits per heavy atom. The van der Waals surface area contributed by atoms with Gasteiger partial charge in [0.25, 0.3) is 17.7 Å². The molecule has 4 aromatic rings. The third kappa shape index (κ3) is 20.2. The van der Waals surface area contributed by atoms with E-state index in [2.05, 4.69) is 26.3 Å². The molecule has 0 spiro atoms. The third-order valence-electron chi connectivity index (χ3n) is 12.7. The normalized spacial score (nSPS) is 14.0. The number of benzene rings is 2. The van der Waals surface area contributed by atoms with E-state index in [0.717, 1.165) is 40.8 Å². The zero-order chi connectivity index (χ0) is 61.9. The molecule has 8 amide bonds. The summed E-state index contributed by atoms with van der Waals surface area (Å²) in [4.78, 5) is 146. The number of carbonyl (C=O) groups is 11. The summed E-state index contributed by atoms with van der Waals surface area (Å²) in [6.07, 6.45) is -0.291. The minimum atomic E-state index is -5.08. The predicted molar refractivity (Wildman–Crippen MR) is 285 cm³/mol. The van der Waals surface area contributed by atoms with Gasteiger partial charge in [-0.3, -0.25) is 57.8 Å². The van der Waals surface area contributed by atoms with E-state index in [-0.39, 0.29) is 55.6 Å². The van der Waals surface area contributed by atoms with Gasteiger partial charge in [0.1, 0.15) is 30.3 Å². The number of carboxylic acid groups (broad SMARTS) is 1. The lowest BCUT2D eigenvalue weighted by molar-refractivity contribution is -0.192. The first kappa shape index (κ1) is 66.5. The van der Waals surface area contributed by atoms with E-state index in [0.29, 0.717) is 5.69 Å². The van der Waals surface area contributed by atoms with Crippen molar-refractivity contribution in [2.75, 3.05) is 26.2 Å². The molecular formula is C56H64F5N9O13. The van der Waals surface area contributed by atoms with Crippen LogP contribution in [0.4, 0.5) is 22.0 Å². The van der Waals surface area contributed by atoms with Gasteiger partial charge in [-0.25, -0.2) is 13.6 Å². The number of primary amides is 1. The van der Waals surface area contributed by atoms with Crippen molar-refractivity contribution in [3.63, 3.8) is 0 Å². The second-order valence-corrected chi connectivity index (χ2v) is 20.3. The first-order chi connectivity index (χ1) is 38.9. The average molecular weight is 1170 g/mol. The van der Waals surface area contributed by atoms with Gasteiger partial charge in [-0.2, -0.15) is 13.2 Å². The van der Waals surface area contributed by atoms with Crippen LogP contribution in [0.5, 0.6) is 0 Å². The second kappa shape index (κ2) is 30.2. The van der Waals surface area contributed by atoms with Gasteiger partial charge in [-0.15, -0.1) is 0 Å². The zero-order valence-corrected chi connectivity index (χ0v) is 45.8. The Labute approximate surface area is 473 Å². The number of hydrogen-bond acceptors (Lipinski definition) is 13. The molecule has 5 rings (SSSR count). The number of alkyl halides is 3. The summed E-state index contributed by atoms with van der Waals surface area (Å²) < 4.78 is 63.5. The number of aliphatic hydroxyl groups is 1. The molecule has 83 heavy (non-hydrogen) atoms. The van der Waals surface area contributed by atoms with Gasteiger partial charge in [0.2, 0.25) is 29.5 Å². The molecule has 0 unspecified atom stereocenters. The number of hydrogen-bond donors (Lipinski definition) is 7. The summed E-state index contributed by atoms with van der Waals surface area (Å²) in [5, 5.41) is 27.8. The molecule has 3 heterocycles. The quantitative estimate of drug-likeness (QED) is 0.0256. The largest absolute Gasteiger partial charge is 0.490 e. The molecule has 0 aliphatic carbocycles. The SMILES string of the molecule is C[C@H](NC(=O)c1ccncc1)C(=O)C[C@H](C)C(=O)N[C@@H](CC(N)=O)C(=O)N[C@@H](CCN(C(=O)CO)[C@@H](c1cc(-c2cc(F)ccc2F)cn1Cc1ccccc1)C(C)(C)C)C(=O)NCCCC(=O)CN1C(=O)C=CC1=O.O=C(O)C(F)(F)F. The molecule has 0 fully saturated rings. The molecule has 446 valence electrons. The van der Waals surface area contributed by atoms with Gasteiger partial charge < -0.3 is 46.7 Å². The minimum Gasteiger partial charge on any atom is -0.475 e. The summed E-state index contributed by atoms with van der Waals surface area (Å²) in [5.41, 5.74) is 6.34. The summed E-state index contributed by atoms with van der Waals surface area (Å²) in [6, 6.07) is 11.4. The van der Waals surface area contributed by atoms with Crippen molar-refractivity contribution < 1.29 is 84.9 Å². The molecule has 8 N–H and O–H groups in total. The molecule has 22 nitrogen and oxygen atoms in total. The van der Waals surface area contributed by atoms with Gasteiger partial charge in [0.05, 0.1) is 25.0 Å². The summed E-state index contributed by atoms with van der Waals surface area (Å²) in [5.74, 6) is -12.8. The van der Waals surface area contributed by atoms with Crippen molar-refractivity contribution in [3.8, 4) is 11.1 Å². The molecule has 2 aromatic heterocycles. The van der Waals surface area contributed by atoms with Crippen molar-refractivity contribution in [3.05, 3.63) is 126 Å². The molecule has 1 aliphatic rings. The highest BCUT2D eigenvalue weighted by molar-refractivity contribution is 6.14. The number of nitrogens with two attached hydrogens (primary N) is 1. The number of nitrogens with zero attached hydrogens (tertiary/aromatic N) is 4. The van der Waals surface area contributed by atoms with Crippen LogP contribution < -0.4 is 27.0 Å². The van der Waals surface area contributed by atoms with Crippen molar-refractivity contribution in [2.24, 2.45) is 17.1 Å². The fraction of sp³-hybridized carbons (Fsp3) is 0.393. The monoisotopic (exact) mass is 1170 g/mol. The van der Waals surface area contributed by atoms with E-state index in [1.54, 1.807) is 16.8 Å². The summed E-state index contributed by atoms with van der Waals surface area (Å²) in [6.45, 7) is 6.42. The van der Waals surface area contributed by atoms with Crippen LogP contribution in [0.15, 0.2) is 97.5 Å². The van der Waals surface area contributed by atoms with E-state index in [1.165, 1.54) is 43.3 Å². The van der Waals surface area contributed by atoms with Crippen LogP contribution in [0.2, 0.25) is 0 Å². The molecule has 0 saturated heterocycles.